The highest BCUT2D eigenvalue weighted by Crippen LogP contribution is 2.15. The molecule has 0 aliphatic rings. The summed E-state index contributed by atoms with van der Waals surface area (Å²) in [6.45, 7) is 4.89. The molecule has 0 unspecified atom stereocenters. The third kappa shape index (κ3) is 2.71. The molecule has 4 heteroatoms. The van der Waals surface area contributed by atoms with Crippen LogP contribution in [0.5, 0.6) is 0 Å². The number of imidazole rings is 1. The number of rotatable bonds is 4. The van der Waals surface area contributed by atoms with E-state index in [4.69, 9.17) is 0 Å². The second-order valence-corrected chi connectivity index (χ2v) is 4.38. The highest BCUT2D eigenvalue weighted by molar-refractivity contribution is 5.14. The molecule has 0 aliphatic carbocycles. The number of pyridine rings is 1. The molecule has 2 aromatic heterocycles. The van der Waals surface area contributed by atoms with Crippen LogP contribution in [0.2, 0.25) is 0 Å². The third-order valence-electron chi connectivity index (χ3n) is 2.71. The molecule has 0 spiro atoms. The fraction of sp³-hybridized carbons (Fsp3) is 0.385. The zero-order chi connectivity index (χ0) is 12.3. The normalized spacial score (nSPS) is 11.1. The van der Waals surface area contributed by atoms with Gasteiger partial charge in [-0.15, -0.1) is 0 Å². The van der Waals surface area contributed by atoms with E-state index in [0.717, 1.165) is 17.8 Å². The maximum Gasteiger partial charge on any atom is 0.135 e. The van der Waals surface area contributed by atoms with E-state index in [2.05, 4.69) is 23.8 Å². The third-order valence-corrected chi connectivity index (χ3v) is 2.71. The van der Waals surface area contributed by atoms with Crippen LogP contribution < -0.4 is 0 Å². The predicted octanol–water partition coefficient (Wildman–Crippen LogP) is 1.94. The van der Waals surface area contributed by atoms with Crippen molar-refractivity contribution in [2.24, 2.45) is 0 Å². The van der Waals surface area contributed by atoms with Gasteiger partial charge in [0.1, 0.15) is 12.4 Å². The van der Waals surface area contributed by atoms with Gasteiger partial charge in [0.15, 0.2) is 0 Å². The van der Waals surface area contributed by atoms with Gasteiger partial charge in [-0.3, -0.25) is 4.98 Å². The molecule has 17 heavy (non-hydrogen) atoms. The second-order valence-electron chi connectivity index (χ2n) is 4.38. The maximum atomic E-state index is 9.30. The summed E-state index contributed by atoms with van der Waals surface area (Å²) in [4.78, 5) is 8.41. The Hall–Kier alpha value is -1.68. The van der Waals surface area contributed by atoms with E-state index in [-0.39, 0.29) is 6.61 Å². The fourth-order valence-electron chi connectivity index (χ4n) is 1.70. The van der Waals surface area contributed by atoms with Crippen LogP contribution in [0.1, 0.15) is 36.8 Å². The molecule has 0 bridgehead atoms. The van der Waals surface area contributed by atoms with Crippen molar-refractivity contribution in [1.29, 1.82) is 0 Å². The minimum Gasteiger partial charge on any atom is -0.388 e. The summed E-state index contributed by atoms with van der Waals surface area (Å²) in [6.07, 6.45) is 5.55. The van der Waals surface area contributed by atoms with Gasteiger partial charge in [0.2, 0.25) is 0 Å². The van der Waals surface area contributed by atoms with Gasteiger partial charge in [0, 0.05) is 25.1 Å². The van der Waals surface area contributed by atoms with Gasteiger partial charge in [-0.2, -0.15) is 0 Å². The van der Waals surface area contributed by atoms with Crippen molar-refractivity contribution in [3.63, 3.8) is 0 Å². The predicted molar refractivity (Wildman–Crippen MR) is 65.6 cm³/mol. The van der Waals surface area contributed by atoms with E-state index in [9.17, 15) is 5.11 Å². The molecule has 0 aliphatic heterocycles. The number of aliphatic hydroxyl groups is 1. The van der Waals surface area contributed by atoms with Crippen LogP contribution in [0, 0.1) is 0 Å². The Balaban J connectivity index is 2.26. The van der Waals surface area contributed by atoms with E-state index < -0.39 is 0 Å². The van der Waals surface area contributed by atoms with E-state index >= 15 is 0 Å². The highest BCUT2D eigenvalue weighted by atomic mass is 16.3. The van der Waals surface area contributed by atoms with Crippen LogP contribution in [-0.4, -0.2) is 19.6 Å². The Kier molecular flexibility index (Phi) is 3.54. The molecule has 0 saturated carbocycles. The Labute approximate surface area is 101 Å². The monoisotopic (exact) mass is 231 g/mol. The maximum absolute atomic E-state index is 9.30. The van der Waals surface area contributed by atoms with Gasteiger partial charge in [0.05, 0.1) is 5.69 Å². The lowest BCUT2D eigenvalue weighted by atomic mass is 10.2. The first-order valence-corrected chi connectivity index (χ1v) is 5.76. The molecule has 0 fully saturated rings. The SMILES string of the molecule is CC(C)c1cn(Cc2ccncc2)c(CO)n1. The molecule has 2 aromatic rings. The number of aromatic nitrogens is 3. The van der Waals surface area contributed by atoms with Crippen molar-refractivity contribution in [3.05, 3.63) is 47.8 Å². The Bertz CT molecular complexity index is 477. The zero-order valence-corrected chi connectivity index (χ0v) is 10.2. The summed E-state index contributed by atoms with van der Waals surface area (Å²) < 4.78 is 1.99. The molecule has 90 valence electrons. The van der Waals surface area contributed by atoms with Crippen molar-refractivity contribution in [2.75, 3.05) is 0 Å². The largest absolute Gasteiger partial charge is 0.388 e. The standard InChI is InChI=1S/C13H17N3O/c1-10(2)12-8-16(13(9-17)15-12)7-11-3-5-14-6-4-11/h3-6,8,10,17H,7,9H2,1-2H3. The number of nitrogens with zero attached hydrogens (tertiary/aromatic N) is 3. The number of hydrogen-bond donors (Lipinski definition) is 1. The molecule has 2 rings (SSSR count). The molecular weight excluding hydrogens is 214 g/mol. The Morgan fingerprint density at radius 2 is 2.00 bits per heavy atom. The average Bonchev–Trinajstić information content (AvgIpc) is 2.74. The minimum absolute atomic E-state index is 0.0300. The van der Waals surface area contributed by atoms with Crippen molar-refractivity contribution in [3.8, 4) is 0 Å². The fourth-order valence-corrected chi connectivity index (χ4v) is 1.70. The topological polar surface area (TPSA) is 50.9 Å². The lowest BCUT2D eigenvalue weighted by Crippen LogP contribution is -2.03. The van der Waals surface area contributed by atoms with Crippen LogP contribution in [-0.2, 0) is 13.2 Å². The molecule has 0 atom stereocenters. The summed E-state index contributed by atoms with van der Waals surface area (Å²) >= 11 is 0. The van der Waals surface area contributed by atoms with Crippen molar-refractivity contribution in [2.45, 2.75) is 32.9 Å². The van der Waals surface area contributed by atoms with E-state index in [0.29, 0.717) is 11.7 Å². The smallest absolute Gasteiger partial charge is 0.135 e. The lowest BCUT2D eigenvalue weighted by Gasteiger charge is -2.05. The lowest BCUT2D eigenvalue weighted by molar-refractivity contribution is 0.266. The second kappa shape index (κ2) is 5.10. The highest BCUT2D eigenvalue weighted by Gasteiger charge is 2.09. The van der Waals surface area contributed by atoms with Gasteiger partial charge < -0.3 is 9.67 Å². The quantitative estimate of drug-likeness (QED) is 0.875. The van der Waals surface area contributed by atoms with Gasteiger partial charge in [0.25, 0.3) is 0 Å². The summed E-state index contributed by atoms with van der Waals surface area (Å²) in [5, 5.41) is 9.30. The molecule has 0 radical (unpaired) electrons. The summed E-state index contributed by atoms with van der Waals surface area (Å²) in [5.74, 6) is 1.09. The van der Waals surface area contributed by atoms with Crippen LogP contribution >= 0.6 is 0 Å². The first-order valence-electron chi connectivity index (χ1n) is 5.76. The molecule has 2 heterocycles. The van der Waals surface area contributed by atoms with Crippen LogP contribution in [0.15, 0.2) is 30.7 Å². The molecular formula is C13H17N3O. The van der Waals surface area contributed by atoms with Crippen molar-refractivity contribution in [1.82, 2.24) is 14.5 Å². The van der Waals surface area contributed by atoms with Gasteiger partial charge >= 0.3 is 0 Å². The van der Waals surface area contributed by atoms with Crippen LogP contribution in [0.25, 0.3) is 0 Å². The average molecular weight is 231 g/mol. The zero-order valence-electron chi connectivity index (χ0n) is 10.2. The molecule has 0 amide bonds. The van der Waals surface area contributed by atoms with Crippen molar-refractivity contribution >= 4 is 0 Å². The van der Waals surface area contributed by atoms with E-state index in [1.807, 2.05) is 22.9 Å². The van der Waals surface area contributed by atoms with Crippen molar-refractivity contribution < 1.29 is 5.11 Å². The van der Waals surface area contributed by atoms with Crippen LogP contribution in [0.4, 0.5) is 0 Å². The Morgan fingerprint density at radius 1 is 1.29 bits per heavy atom. The Morgan fingerprint density at radius 3 is 2.59 bits per heavy atom. The van der Waals surface area contributed by atoms with Gasteiger partial charge in [-0.1, -0.05) is 13.8 Å². The van der Waals surface area contributed by atoms with E-state index in [1.54, 1.807) is 12.4 Å². The molecule has 0 aromatic carbocycles. The summed E-state index contributed by atoms with van der Waals surface area (Å²) in [7, 11) is 0. The number of hydrogen-bond acceptors (Lipinski definition) is 3. The first-order chi connectivity index (χ1) is 8.20. The first kappa shape index (κ1) is 11.8. The van der Waals surface area contributed by atoms with Gasteiger partial charge in [-0.05, 0) is 23.6 Å². The molecule has 0 saturated heterocycles. The molecule has 1 N–H and O–H groups in total. The summed E-state index contributed by atoms with van der Waals surface area (Å²) in [5.41, 5.74) is 2.17. The minimum atomic E-state index is -0.0300. The molecule has 4 nitrogen and oxygen atoms in total. The number of aliphatic hydroxyl groups excluding tert-OH is 1. The summed E-state index contributed by atoms with van der Waals surface area (Å²) in [6, 6.07) is 3.94. The van der Waals surface area contributed by atoms with Gasteiger partial charge in [-0.25, -0.2) is 4.98 Å². The van der Waals surface area contributed by atoms with E-state index in [1.165, 1.54) is 0 Å². The van der Waals surface area contributed by atoms with Crippen LogP contribution in [0.3, 0.4) is 0 Å².